The van der Waals surface area contributed by atoms with Gasteiger partial charge in [-0.25, -0.2) is 0 Å². The van der Waals surface area contributed by atoms with Crippen LogP contribution in [0.2, 0.25) is 0 Å². The number of aromatic hydroxyl groups is 3. The van der Waals surface area contributed by atoms with E-state index in [-0.39, 0.29) is 16.2 Å². The highest BCUT2D eigenvalue weighted by molar-refractivity contribution is 5.50. The Morgan fingerprint density at radius 2 is 0.718 bits per heavy atom. The average Bonchev–Trinajstić information content (AvgIpc) is 2.75. The van der Waals surface area contributed by atoms with Crippen LogP contribution in [0.4, 0.5) is 0 Å². The van der Waals surface area contributed by atoms with Gasteiger partial charge in [-0.15, -0.1) is 0 Å². The number of aryl methyl sites for hydroxylation is 4. The van der Waals surface area contributed by atoms with Crippen molar-refractivity contribution in [1.29, 1.82) is 0 Å². The standard InChI is InChI=1S/C23H32O2.C13H20O/c1-14-9-20(24)18(22(3,4)5)12-16(14)11-17-13-19(23(6,7)8)21(25)10-15(17)2;1-6-10-8-11(13(3,4)5)12(14)7-9(10)2/h9-10,12-13,24-25H,11H2,1-8H3;7-8,14H,6H2,1-5H3. The van der Waals surface area contributed by atoms with Crippen molar-refractivity contribution in [2.45, 2.75) is 119 Å². The molecule has 0 amide bonds. The van der Waals surface area contributed by atoms with Crippen LogP contribution in [0, 0.1) is 20.8 Å². The zero-order chi connectivity index (χ0) is 30.1. The first-order valence-electron chi connectivity index (χ1n) is 14.2. The van der Waals surface area contributed by atoms with Crippen LogP contribution in [0.25, 0.3) is 0 Å². The molecule has 0 aliphatic heterocycles. The third kappa shape index (κ3) is 8.03. The molecule has 0 aliphatic rings. The van der Waals surface area contributed by atoms with Gasteiger partial charge in [-0.3, -0.25) is 0 Å². The molecule has 0 spiro atoms. The van der Waals surface area contributed by atoms with Crippen LogP contribution >= 0.6 is 0 Å². The Hall–Kier alpha value is -2.94. The van der Waals surface area contributed by atoms with E-state index in [1.807, 2.05) is 39.0 Å². The summed E-state index contributed by atoms with van der Waals surface area (Å²) < 4.78 is 0. The first-order valence-corrected chi connectivity index (χ1v) is 14.2. The van der Waals surface area contributed by atoms with Crippen molar-refractivity contribution >= 4 is 0 Å². The molecule has 0 bridgehead atoms. The zero-order valence-electron chi connectivity index (χ0n) is 26.7. The molecule has 3 rings (SSSR count). The van der Waals surface area contributed by atoms with E-state index in [9.17, 15) is 15.3 Å². The predicted octanol–water partition coefficient (Wildman–Crippen LogP) is 9.46. The summed E-state index contributed by atoms with van der Waals surface area (Å²) in [5, 5.41) is 30.5. The highest BCUT2D eigenvalue weighted by atomic mass is 16.3. The van der Waals surface area contributed by atoms with E-state index in [0.717, 1.165) is 40.7 Å². The number of rotatable bonds is 3. The minimum atomic E-state index is -0.104. The molecule has 3 heteroatoms. The molecule has 39 heavy (non-hydrogen) atoms. The van der Waals surface area contributed by atoms with Gasteiger partial charge in [0.25, 0.3) is 0 Å². The van der Waals surface area contributed by atoms with Gasteiger partial charge in [-0.05, 0) is 118 Å². The minimum Gasteiger partial charge on any atom is -0.508 e. The summed E-state index contributed by atoms with van der Waals surface area (Å²) in [5.74, 6) is 1.16. The Balaban J connectivity index is 0.000000322. The summed E-state index contributed by atoms with van der Waals surface area (Å²) in [4.78, 5) is 0. The Morgan fingerprint density at radius 3 is 0.974 bits per heavy atom. The molecule has 0 saturated heterocycles. The predicted molar refractivity (Wildman–Crippen MR) is 167 cm³/mol. The fraction of sp³-hybridized carbons (Fsp3) is 0.500. The summed E-state index contributed by atoms with van der Waals surface area (Å²) >= 11 is 0. The van der Waals surface area contributed by atoms with E-state index in [1.165, 1.54) is 22.3 Å². The van der Waals surface area contributed by atoms with Crippen LogP contribution in [0.3, 0.4) is 0 Å². The van der Waals surface area contributed by atoms with Crippen molar-refractivity contribution < 1.29 is 15.3 Å². The summed E-state index contributed by atoms with van der Waals surface area (Å²) in [6, 6.07) is 12.0. The van der Waals surface area contributed by atoms with Gasteiger partial charge in [0.2, 0.25) is 0 Å². The van der Waals surface area contributed by atoms with Crippen LogP contribution in [-0.4, -0.2) is 15.3 Å². The molecule has 0 atom stereocenters. The molecule has 0 aromatic heterocycles. The van der Waals surface area contributed by atoms with Crippen LogP contribution in [0.1, 0.15) is 119 Å². The van der Waals surface area contributed by atoms with Gasteiger partial charge in [-0.1, -0.05) is 87.4 Å². The van der Waals surface area contributed by atoms with Gasteiger partial charge < -0.3 is 15.3 Å². The van der Waals surface area contributed by atoms with Crippen molar-refractivity contribution in [3.05, 3.63) is 86.5 Å². The molecular formula is C36H52O3. The maximum Gasteiger partial charge on any atom is 0.119 e. The lowest BCUT2D eigenvalue weighted by molar-refractivity contribution is 0.445. The lowest BCUT2D eigenvalue weighted by atomic mass is 9.81. The normalized spacial score (nSPS) is 12.2. The Morgan fingerprint density at radius 1 is 0.462 bits per heavy atom. The van der Waals surface area contributed by atoms with Crippen LogP contribution in [0.15, 0.2) is 36.4 Å². The molecular weight excluding hydrogens is 480 g/mol. The van der Waals surface area contributed by atoms with E-state index < -0.39 is 0 Å². The molecule has 214 valence electrons. The van der Waals surface area contributed by atoms with E-state index in [1.54, 1.807) is 0 Å². The minimum absolute atomic E-state index is 0.0156. The van der Waals surface area contributed by atoms with E-state index in [2.05, 4.69) is 87.4 Å². The number of phenolic OH excluding ortho intramolecular Hbond substituents is 3. The monoisotopic (exact) mass is 532 g/mol. The highest BCUT2D eigenvalue weighted by Gasteiger charge is 2.22. The molecule has 0 heterocycles. The SMILES string of the molecule is CCc1cc(C(C)(C)C)c(O)cc1C.Cc1cc(O)c(C(C)(C)C)cc1Cc1cc(C(C)(C)C)c(O)cc1C. The molecule has 0 radical (unpaired) electrons. The second-order valence-corrected chi connectivity index (χ2v) is 14.2. The Labute approximate surface area is 238 Å². The van der Waals surface area contributed by atoms with E-state index in [4.69, 9.17) is 0 Å². The first-order chi connectivity index (χ1) is 17.7. The maximum absolute atomic E-state index is 10.3. The second kappa shape index (κ2) is 11.7. The third-order valence-corrected chi connectivity index (χ3v) is 7.55. The number of phenols is 3. The van der Waals surface area contributed by atoms with E-state index >= 15 is 0 Å². The average molecular weight is 533 g/mol. The van der Waals surface area contributed by atoms with Crippen molar-refractivity contribution in [2.75, 3.05) is 0 Å². The van der Waals surface area contributed by atoms with Gasteiger partial charge in [-0.2, -0.15) is 0 Å². The molecule has 0 fully saturated rings. The third-order valence-electron chi connectivity index (χ3n) is 7.55. The maximum atomic E-state index is 10.3. The molecule has 0 unspecified atom stereocenters. The number of hydrogen-bond donors (Lipinski definition) is 3. The summed E-state index contributed by atoms with van der Waals surface area (Å²) in [6.07, 6.45) is 1.82. The molecule has 0 aliphatic carbocycles. The molecule has 3 aromatic carbocycles. The van der Waals surface area contributed by atoms with Crippen LogP contribution in [0.5, 0.6) is 17.2 Å². The largest absolute Gasteiger partial charge is 0.508 e. The summed E-state index contributed by atoms with van der Waals surface area (Å²) in [7, 11) is 0. The van der Waals surface area contributed by atoms with Gasteiger partial charge in [0.1, 0.15) is 17.2 Å². The summed E-state index contributed by atoms with van der Waals surface area (Å²) in [5.41, 5.74) is 9.92. The molecule has 3 aromatic rings. The zero-order valence-corrected chi connectivity index (χ0v) is 26.7. The molecule has 3 N–H and O–H groups in total. The van der Waals surface area contributed by atoms with Gasteiger partial charge in [0, 0.05) is 0 Å². The lowest BCUT2D eigenvalue weighted by Gasteiger charge is -2.24. The smallest absolute Gasteiger partial charge is 0.119 e. The van der Waals surface area contributed by atoms with Gasteiger partial charge in [0.15, 0.2) is 0 Å². The number of hydrogen-bond acceptors (Lipinski definition) is 3. The van der Waals surface area contributed by atoms with Crippen molar-refractivity contribution in [3.8, 4) is 17.2 Å². The van der Waals surface area contributed by atoms with Gasteiger partial charge in [0.05, 0.1) is 0 Å². The first kappa shape index (κ1) is 32.3. The van der Waals surface area contributed by atoms with Crippen molar-refractivity contribution in [3.63, 3.8) is 0 Å². The Bertz CT molecular complexity index is 1240. The molecule has 3 nitrogen and oxygen atoms in total. The lowest BCUT2D eigenvalue weighted by Crippen LogP contribution is -2.13. The quantitative estimate of drug-likeness (QED) is 0.315. The fourth-order valence-electron chi connectivity index (χ4n) is 4.98. The highest BCUT2D eigenvalue weighted by Crippen LogP contribution is 2.37. The molecule has 0 saturated carbocycles. The Kier molecular flexibility index (Phi) is 9.65. The van der Waals surface area contributed by atoms with Crippen LogP contribution < -0.4 is 0 Å². The second-order valence-electron chi connectivity index (χ2n) is 14.2. The van der Waals surface area contributed by atoms with Crippen molar-refractivity contribution in [2.24, 2.45) is 0 Å². The van der Waals surface area contributed by atoms with Crippen molar-refractivity contribution in [1.82, 2.24) is 0 Å². The van der Waals surface area contributed by atoms with Crippen LogP contribution in [-0.2, 0) is 29.1 Å². The fourth-order valence-corrected chi connectivity index (χ4v) is 4.98. The summed E-state index contributed by atoms with van der Waals surface area (Å²) in [6.45, 7) is 27.3. The van der Waals surface area contributed by atoms with E-state index in [0.29, 0.717) is 17.2 Å². The van der Waals surface area contributed by atoms with Gasteiger partial charge >= 0.3 is 0 Å². The topological polar surface area (TPSA) is 60.7 Å². The number of benzene rings is 3.